The smallest absolute Gasteiger partial charge is 0.253 e. The van der Waals surface area contributed by atoms with Crippen LogP contribution in [0, 0.1) is 5.92 Å². The van der Waals surface area contributed by atoms with Gasteiger partial charge in [0.2, 0.25) is 5.91 Å². The van der Waals surface area contributed by atoms with Crippen molar-refractivity contribution in [3.8, 4) is 5.75 Å². The van der Waals surface area contributed by atoms with Crippen LogP contribution in [-0.2, 0) is 4.79 Å². The summed E-state index contributed by atoms with van der Waals surface area (Å²) in [7, 11) is 0. The fraction of sp³-hybridized carbons (Fsp3) is 0.417. The normalized spacial score (nSPS) is 18.3. The quantitative estimate of drug-likeness (QED) is 0.733. The monoisotopic (exact) mass is 426 g/mol. The van der Waals surface area contributed by atoms with E-state index in [9.17, 15) is 9.59 Å². The van der Waals surface area contributed by atoms with Gasteiger partial charge < -0.3 is 14.5 Å². The van der Waals surface area contributed by atoms with Crippen LogP contribution >= 0.6 is 11.6 Å². The Morgan fingerprint density at radius 2 is 1.40 bits per heavy atom. The zero-order valence-electron chi connectivity index (χ0n) is 17.0. The molecular weight excluding hydrogens is 400 g/mol. The van der Waals surface area contributed by atoms with Gasteiger partial charge >= 0.3 is 0 Å². The number of ether oxygens (including phenoxy) is 1. The standard InChI is InChI=1S/C24H27ClN2O3/c25-21-8-4-5-9-22(21)30-20-12-16-27(17-13-20)24(29)19-10-14-26(15-11-19)23(28)18-6-2-1-3-7-18/h1-9,19-20H,10-17H2. The first-order valence-corrected chi connectivity index (χ1v) is 11.0. The molecule has 6 heteroatoms. The fourth-order valence-electron chi connectivity index (χ4n) is 4.26. The predicted molar refractivity (Wildman–Crippen MR) is 117 cm³/mol. The average molecular weight is 427 g/mol. The van der Waals surface area contributed by atoms with Gasteiger partial charge in [0.1, 0.15) is 11.9 Å². The van der Waals surface area contributed by atoms with Crippen LogP contribution in [0.2, 0.25) is 5.02 Å². The summed E-state index contributed by atoms with van der Waals surface area (Å²) in [6.45, 7) is 2.68. The molecule has 4 rings (SSSR count). The summed E-state index contributed by atoms with van der Waals surface area (Å²) in [4.78, 5) is 29.4. The van der Waals surface area contributed by atoms with Crippen LogP contribution in [-0.4, -0.2) is 53.9 Å². The molecule has 0 spiro atoms. The lowest BCUT2D eigenvalue weighted by Crippen LogP contribution is -2.47. The maximum atomic E-state index is 13.0. The van der Waals surface area contributed by atoms with Crippen LogP contribution in [0.3, 0.4) is 0 Å². The van der Waals surface area contributed by atoms with E-state index in [2.05, 4.69) is 0 Å². The molecule has 0 aliphatic carbocycles. The van der Waals surface area contributed by atoms with Crippen LogP contribution in [0.4, 0.5) is 0 Å². The first kappa shape index (κ1) is 20.7. The predicted octanol–water partition coefficient (Wildman–Crippen LogP) is 4.26. The third-order valence-corrected chi connectivity index (χ3v) is 6.35. The van der Waals surface area contributed by atoms with Gasteiger partial charge in [0.25, 0.3) is 5.91 Å². The highest BCUT2D eigenvalue weighted by molar-refractivity contribution is 6.32. The van der Waals surface area contributed by atoms with E-state index in [4.69, 9.17) is 16.3 Å². The Bertz CT molecular complexity index is 873. The summed E-state index contributed by atoms with van der Waals surface area (Å²) in [5.41, 5.74) is 0.711. The first-order chi connectivity index (χ1) is 14.6. The number of rotatable bonds is 4. The molecule has 2 heterocycles. The number of likely N-dealkylation sites (tertiary alicyclic amines) is 2. The summed E-state index contributed by atoms with van der Waals surface area (Å²) in [5.74, 6) is 0.988. The highest BCUT2D eigenvalue weighted by atomic mass is 35.5. The van der Waals surface area contributed by atoms with Gasteiger partial charge in [-0.3, -0.25) is 9.59 Å². The maximum absolute atomic E-state index is 13.0. The van der Waals surface area contributed by atoms with Crippen molar-refractivity contribution >= 4 is 23.4 Å². The number of piperidine rings is 2. The molecule has 5 nitrogen and oxygen atoms in total. The molecule has 0 radical (unpaired) electrons. The van der Waals surface area contributed by atoms with Gasteiger partial charge in [-0.15, -0.1) is 0 Å². The van der Waals surface area contributed by atoms with E-state index in [0.29, 0.717) is 42.5 Å². The third-order valence-electron chi connectivity index (χ3n) is 6.04. The van der Waals surface area contributed by atoms with Crippen LogP contribution in [0.15, 0.2) is 54.6 Å². The first-order valence-electron chi connectivity index (χ1n) is 10.7. The van der Waals surface area contributed by atoms with Crippen molar-refractivity contribution in [3.63, 3.8) is 0 Å². The third kappa shape index (κ3) is 4.78. The van der Waals surface area contributed by atoms with Crippen molar-refractivity contribution in [2.24, 2.45) is 5.92 Å². The molecule has 2 fully saturated rings. The van der Waals surface area contributed by atoms with Gasteiger partial charge in [-0.25, -0.2) is 0 Å². The van der Waals surface area contributed by atoms with Crippen molar-refractivity contribution in [1.82, 2.24) is 9.80 Å². The number of nitrogens with zero attached hydrogens (tertiary/aromatic N) is 2. The van der Waals surface area contributed by atoms with E-state index in [0.717, 1.165) is 25.7 Å². The number of amides is 2. The molecule has 30 heavy (non-hydrogen) atoms. The van der Waals surface area contributed by atoms with Crippen LogP contribution < -0.4 is 4.74 Å². The number of benzene rings is 2. The molecule has 158 valence electrons. The number of hydrogen-bond donors (Lipinski definition) is 0. The highest BCUT2D eigenvalue weighted by Gasteiger charge is 2.32. The maximum Gasteiger partial charge on any atom is 0.253 e. The summed E-state index contributed by atoms with van der Waals surface area (Å²) in [5, 5.41) is 0.618. The molecular formula is C24H27ClN2O3. The van der Waals surface area contributed by atoms with E-state index in [1.165, 1.54) is 0 Å². The Kier molecular flexibility index (Phi) is 6.58. The van der Waals surface area contributed by atoms with Crippen molar-refractivity contribution in [2.45, 2.75) is 31.8 Å². The molecule has 2 aliphatic heterocycles. The number of hydrogen-bond acceptors (Lipinski definition) is 3. The molecule has 2 aromatic carbocycles. The molecule has 2 amide bonds. The average Bonchev–Trinajstić information content (AvgIpc) is 2.81. The Balaban J connectivity index is 1.24. The molecule has 2 aromatic rings. The van der Waals surface area contributed by atoms with E-state index < -0.39 is 0 Å². The Labute approximate surface area is 182 Å². The lowest BCUT2D eigenvalue weighted by atomic mass is 9.93. The minimum atomic E-state index is 0.00543. The van der Waals surface area contributed by atoms with Crippen LogP contribution in [0.5, 0.6) is 5.75 Å². The van der Waals surface area contributed by atoms with Crippen molar-refractivity contribution in [1.29, 1.82) is 0 Å². The topological polar surface area (TPSA) is 49.9 Å². The second-order valence-electron chi connectivity index (χ2n) is 8.01. The van der Waals surface area contributed by atoms with Crippen molar-refractivity contribution in [2.75, 3.05) is 26.2 Å². The zero-order chi connectivity index (χ0) is 20.9. The van der Waals surface area contributed by atoms with Gasteiger partial charge in [0, 0.05) is 50.5 Å². The van der Waals surface area contributed by atoms with E-state index in [1.807, 2.05) is 64.4 Å². The molecule has 0 bridgehead atoms. The molecule has 2 saturated heterocycles. The van der Waals surface area contributed by atoms with E-state index >= 15 is 0 Å². The van der Waals surface area contributed by atoms with Crippen LogP contribution in [0.25, 0.3) is 0 Å². The number of carbonyl (C=O) groups is 2. The number of para-hydroxylation sites is 1. The minimum absolute atomic E-state index is 0.00543. The Morgan fingerprint density at radius 1 is 0.800 bits per heavy atom. The molecule has 0 unspecified atom stereocenters. The molecule has 2 aliphatic rings. The van der Waals surface area contributed by atoms with Gasteiger partial charge in [0.15, 0.2) is 0 Å². The SMILES string of the molecule is O=C(c1ccccc1)N1CCC(C(=O)N2CCC(Oc3ccccc3Cl)CC2)CC1. The van der Waals surface area contributed by atoms with E-state index in [1.54, 1.807) is 0 Å². The van der Waals surface area contributed by atoms with Gasteiger partial charge in [-0.05, 0) is 37.1 Å². The van der Waals surface area contributed by atoms with E-state index in [-0.39, 0.29) is 23.8 Å². The molecule has 0 saturated carbocycles. The zero-order valence-corrected chi connectivity index (χ0v) is 17.8. The molecule has 0 atom stereocenters. The summed E-state index contributed by atoms with van der Waals surface area (Å²) in [6, 6.07) is 16.8. The van der Waals surface area contributed by atoms with Crippen molar-refractivity contribution < 1.29 is 14.3 Å². The lowest BCUT2D eigenvalue weighted by Gasteiger charge is -2.37. The van der Waals surface area contributed by atoms with Gasteiger partial charge in [0.05, 0.1) is 5.02 Å². The summed E-state index contributed by atoms with van der Waals surface area (Å²) >= 11 is 6.18. The second kappa shape index (κ2) is 9.52. The molecule has 0 N–H and O–H groups in total. The lowest BCUT2D eigenvalue weighted by molar-refractivity contribution is -0.138. The number of halogens is 1. The molecule has 0 aromatic heterocycles. The Morgan fingerprint density at radius 3 is 2.07 bits per heavy atom. The number of carbonyl (C=O) groups excluding carboxylic acids is 2. The van der Waals surface area contributed by atoms with Crippen LogP contribution in [0.1, 0.15) is 36.0 Å². The summed E-state index contributed by atoms with van der Waals surface area (Å²) < 4.78 is 6.03. The largest absolute Gasteiger partial charge is 0.489 e. The second-order valence-corrected chi connectivity index (χ2v) is 8.41. The van der Waals surface area contributed by atoms with Crippen molar-refractivity contribution in [3.05, 3.63) is 65.2 Å². The fourth-order valence-corrected chi connectivity index (χ4v) is 4.45. The Hall–Kier alpha value is -2.53. The summed E-state index contributed by atoms with van der Waals surface area (Å²) in [6.07, 6.45) is 3.16. The van der Waals surface area contributed by atoms with Gasteiger partial charge in [-0.2, -0.15) is 0 Å². The minimum Gasteiger partial charge on any atom is -0.489 e. The highest BCUT2D eigenvalue weighted by Crippen LogP contribution is 2.28. The van der Waals surface area contributed by atoms with Gasteiger partial charge in [-0.1, -0.05) is 41.9 Å².